The van der Waals surface area contributed by atoms with Gasteiger partial charge in [-0.05, 0) is 68.3 Å². The number of nitrogens with one attached hydrogen (secondary N) is 1. The van der Waals surface area contributed by atoms with Crippen molar-refractivity contribution in [1.82, 2.24) is 15.1 Å². The molecule has 1 N–H and O–H groups in total. The number of rotatable bonds is 7. The van der Waals surface area contributed by atoms with Crippen LogP contribution in [0.15, 0.2) is 59.4 Å². The van der Waals surface area contributed by atoms with Gasteiger partial charge in [0.2, 0.25) is 0 Å². The number of halogens is 1. The number of ether oxygens (including phenoxy) is 1. The lowest BCUT2D eigenvalue weighted by molar-refractivity contribution is -0.127. The molecular formula is C23H24FN3O3. The molecule has 0 aliphatic carbocycles. The number of hydrogen-bond acceptors (Lipinski definition) is 4. The van der Waals surface area contributed by atoms with Gasteiger partial charge in [0.1, 0.15) is 11.6 Å². The first-order chi connectivity index (χ1) is 14.3. The first kappa shape index (κ1) is 21.2. The van der Waals surface area contributed by atoms with Crippen molar-refractivity contribution >= 4 is 5.91 Å². The predicted molar refractivity (Wildman–Crippen MR) is 113 cm³/mol. The second-order valence-electron chi connectivity index (χ2n) is 7.04. The standard InChI is InChI=1S/C23H24FN3O3/c1-15-5-4-6-21(16(15)2)30-17(3)23(29)25-13-14-27-22(28)12-11-20(26-27)18-7-9-19(24)10-8-18/h4-12,17H,13-14H2,1-3H3,(H,25,29). The van der Waals surface area contributed by atoms with E-state index >= 15 is 0 Å². The van der Waals surface area contributed by atoms with E-state index in [1.807, 2.05) is 32.0 Å². The molecule has 1 unspecified atom stereocenters. The highest BCUT2D eigenvalue weighted by atomic mass is 19.1. The first-order valence-electron chi connectivity index (χ1n) is 9.70. The Morgan fingerprint density at radius 3 is 2.60 bits per heavy atom. The lowest BCUT2D eigenvalue weighted by Gasteiger charge is -2.17. The quantitative estimate of drug-likeness (QED) is 0.650. The maximum Gasteiger partial charge on any atom is 0.266 e. The zero-order valence-electron chi connectivity index (χ0n) is 17.2. The van der Waals surface area contributed by atoms with E-state index in [0.29, 0.717) is 17.0 Å². The van der Waals surface area contributed by atoms with Crippen LogP contribution in [-0.2, 0) is 11.3 Å². The number of aromatic nitrogens is 2. The maximum absolute atomic E-state index is 13.1. The topological polar surface area (TPSA) is 73.2 Å². The summed E-state index contributed by atoms with van der Waals surface area (Å²) >= 11 is 0. The Morgan fingerprint density at radius 1 is 1.13 bits per heavy atom. The van der Waals surface area contributed by atoms with Gasteiger partial charge in [0.25, 0.3) is 11.5 Å². The van der Waals surface area contributed by atoms with Crippen LogP contribution in [0.5, 0.6) is 5.75 Å². The summed E-state index contributed by atoms with van der Waals surface area (Å²) in [6.45, 7) is 6.03. The minimum absolute atomic E-state index is 0.204. The van der Waals surface area contributed by atoms with Gasteiger partial charge in [-0.25, -0.2) is 9.07 Å². The summed E-state index contributed by atoms with van der Waals surface area (Å²) < 4.78 is 20.2. The van der Waals surface area contributed by atoms with Gasteiger partial charge in [-0.1, -0.05) is 12.1 Å². The molecule has 0 spiro atoms. The smallest absolute Gasteiger partial charge is 0.266 e. The molecule has 7 heteroatoms. The lowest BCUT2D eigenvalue weighted by Crippen LogP contribution is -2.39. The van der Waals surface area contributed by atoms with Gasteiger partial charge in [0.15, 0.2) is 6.10 Å². The third-order valence-electron chi connectivity index (χ3n) is 4.86. The van der Waals surface area contributed by atoms with E-state index in [1.54, 1.807) is 25.1 Å². The van der Waals surface area contributed by atoms with Crippen molar-refractivity contribution in [2.24, 2.45) is 0 Å². The minimum atomic E-state index is -0.680. The van der Waals surface area contributed by atoms with Crippen LogP contribution >= 0.6 is 0 Å². The van der Waals surface area contributed by atoms with E-state index < -0.39 is 6.10 Å². The van der Waals surface area contributed by atoms with Crippen LogP contribution in [0.4, 0.5) is 4.39 Å². The van der Waals surface area contributed by atoms with Gasteiger partial charge in [-0.15, -0.1) is 0 Å². The SMILES string of the molecule is Cc1cccc(OC(C)C(=O)NCCn2nc(-c3ccc(F)cc3)ccc2=O)c1C. The third kappa shape index (κ3) is 5.11. The van der Waals surface area contributed by atoms with Gasteiger partial charge in [-0.2, -0.15) is 5.10 Å². The molecule has 0 saturated carbocycles. The Morgan fingerprint density at radius 2 is 1.87 bits per heavy atom. The van der Waals surface area contributed by atoms with Crippen molar-refractivity contribution in [2.45, 2.75) is 33.4 Å². The molecule has 0 bridgehead atoms. The minimum Gasteiger partial charge on any atom is -0.481 e. The number of benzene rings is 2. The molecule has 1 atom stereocenters. The number of nitrogens with zero attached hydrogens (tertiary/aromatic N) is 2. The Balaban J connectivity index is 1.59. The predicted octanol–water partition coefficient (Wildman–Crippen LogP) is 3.25. The fraction of sp³-hybridized carbons (Fsp3) is 0.261. The molecule has 0 aliphatic rings. The van der Waals surface area contributed by atoms with Crippen LogP contribution in [0.3, 0.4) is 0 Å². The monoisotopic (exact) mass is 409 g/mol. The summed E-state index contributed by atoms with van der Waals surface area (Å²) in [5, 5.41) is 7.07. The van der Waals surface area contributed by atoms with Crippen molar-refractivity contribution < 1.29 is 13.9 Å². The fourth-order valence-electron chi connectivity index (χ4n) is 2.91. The summed E-state index contributed by atoms with van der Waals surface area (Å²) in [5.74, 6) is 0.0492. The van der Waals surface area contributed by atoms with Crippen LogP contribution in [0.2, 0.25) is 0 Å². The number of aryl methyl sites for hydroxylation is 1. The molecule has 1 amide bonds. The van der Waals surface area contributed by atoms with Gasteiger partial charge in [0, 0.05) is 18.2 Å². The Hall–Kier alpha value is -3.48. The molecule has 1 aromatic heterocycles. The van der Waals surface area contributed by atoms with E-state index in [2.05, 4.69) is 10.4 Å². The molecule has 1 heterocycles. The normalized spacial score (nSPS) is 11.7. The lowest BCUT2D eigenvalue weighted by atomic mass is 10.1. The highest BCUT2D eigenvalue weighted by molar-refractivity contribution is 5.80. The average molecular weight is 409 g/mol. The molecule has 0 fully saturated rings. The highest BCUT2D eigenvalue weighted by Gasteiger charge is 2.16. The zero-order chi connectivity index (χ0) is 21.7. The van der Waals surface area contributed by atoms with Gasteiger partial charge < -0.3 is 10.1 Å². The van der Waals surface area contributed by atoms with Crippen molar-refractivity contribution in [3.05, 3.63) is 81.9 Å². The molecule has 3 rings (SSSR count). The number of amides is 1. The Bertz CT molecular complexity index is 1090. The zero-order valence-corrected chi connectivity index (χ0v) is 17.2. The average Bonchev–Trinajstić information content (AvgIpc) is 2.73. The van der Waals surface area contributed by atoms with Gasteiger partial charge >= 0.3 is 0 Å². The molecular weight excluding hydrogens is 385 g/mol. The Labute approximate surface area is 174 Å². The second-order valence-corrected chi connectivity index (χ2v) is 7.04. The van der Waals surface area contributed by atoms with E-state index in [4.69, 9.17) is 4.74 Å². The highest BCUT2D eigenvalue weighted by Crippen LogP contribution is 2.21. The van der Waals surface area contributed by atoms with Crippen molar-refractivity contribution in [3.63, 3.8) is 0 Å². The van der Waals surface area contributed by atoms with Crippen molar-refractivity contribution in [1.29, 1.82) is 0 Å². The molecule has 30 heavy (non-hydrogen) atoms. The molecule has 2 aromatic carbocycles. The maximum atomic E-state index is 13.1. The van der Waals surface area contributed by atoms with Crippen molar-refractivity contribution in [3.8, 4) is 17.0 Å². The van der Waals surface area contributed by atoms with Crippen LogP contribution in [0, 0.1) is 19.7 Å². The molecule has 156 valence electrons. The molecule has 0 radical (unpaired) electrons. The number of carbonyl (C=O) groups excluding carboxylic acids is 1. The van der Waals surface area contributed by atoms with Crippen LogP contribution in [0.1, 0.15) is 18.1 Å². The summed E-state index contributed by atoms with van der Waals surface area (Å²) in [5.41, 5.74) is 3.05. The van der Waals surface area contributed by atoms with Crippen LogP contribution in [-0.4, -0.2) is 28.3 Å². The summed E-state index contributed by atoms with van der Waals surface area (Å²) in [6, 6.07) is 14.6. The summed E-state index contributed by atoms with van der Waals surface area (Å²) in [7, 11) is 0. The Kier molecular flexibility index (Phi) is 6.61. The molecule has 6 nitrogen and oxygen atoms in total. The molecule has 0 saturated heterocycles. The fourth-order valence-corrected chi connectivity index (χ4v) is 2.91. The molecule has 3 aromatic rings. The van der Waals surface area contributed by atoms with E-state index in [9.17, 15) is 14.0 Å². The van der Waals surface area contributed by atoms with Crippen LogP contribution in [0.25, 0.3) is 11.3 Å². The largest absolute Gasteiger partial charge is 0.481 e. The van der Waals surface area contributed by atoms with E-state index in [1.165, 1.54) is 22.9 Å². The van der Waals surface area contributed by atoms with Gasteiger partial charge in [0.05, 0.1) is 12.2 Å². The van der Waals surface area contributed by atoms with E-state index in [0.717, 1.165) is 11.1 Å². The first-order valence-corrected chi connectivity index (χ1v) is 9.70. The summed E-state index contributed by atoms with van der Waals surface area (Å²) in [4.78, 5) is 24.4. The van der Waals surface area contributed by atoms with Crippen LogP contribution < -0.4 is 15.6 Å². The van der Waals surface area contributed by atoms with E-state index in [-0.39, 0.29) is 30.4 Å². The summed E-state index contributed by atoms with van der Waals surface area (Å²) in [6.07, 6.45) is -0.680. The number of hydrogen-bond donors (Lipinski definition) is 1. The second kappa shape index (κ2) is 9.35. The van der Waals surface area contributed by atoms with Crippen molar-refractivity contribution in [2.75, 3.05) is 6.54 Å². The third-order valence-corrected chi connectivity index (χ3v) is 4.86. The number of carbonyl (C=O) groups is 1. The van der Waals surface area contributed by atoms with Gasteiger partial charge in [-0.3, -0.25) is 9.59 Å². The molecule has 0 aliphatic heterocycles.